The van der Waals surface area contributed by atoms with Crippen molar-refractivity contribution in [3.8, 4) is 0 Å². The lowest BCUT2D eigenvalue weighted by molar-refractivity contribution is -0.153. The average Bonchev–Trinajstić information content (AvgIpc) is 3.14. The van der Waals surface area contributed by atoms with Crippen LogP contribution >= 0.6 is 0 Å². The lowest BCUT2D eigenvalue weighted by atomic mass is 9.47. The molecule has 0 bridgehead atoms. The second kappa shape index (κ2) is 8.59. The molecule has 6 atom stereocenters. The molecule has 0 aromatic carbocycles. The van der Waals surface area contributed by atoms with E-state index in [2.05, 4.69) is 40.7 Å². The molecule has 2 saturated carbocycles. The molecule has 3 fully saturated rings. The lowest BCUT2D eigenvalue weighted by Crippen LogP contribution is -2.65. The summed E-state index contributed by atoms with van der Waals surface area (Å²) in [6.45, 7) is 17.0. The van der Waals surface area contributed by atoms with E-state index in [1.54, 1.807) is 9.80 Å². The van der Waals surface area contributed by atoms with Gasteiger partial charge in [0.15, 0.2) is 0 Å². The van der Waals surface area contributed by atoms with Crippen LogP contribution in [0.3, 0.4) is 0 Å². The van der Waals surface area contributed by atoms with Crippen LogP contribution in [-0.4, -0.2) is 63.8 Å². The second-order valence-corrected chi connectivity index (χ2v) is 14.7. The summed E-state index contributed by atoms with van der Waals surface area (Å²) in [7, 11) is 3.73. The van der Waals surface area contributed by atoms with Crippen molar-refractivity contribution in [1.29, 1.82) is 0 Å². The van der Waals surface area contributed by atoms with Gasteiger partial charge in [-0.15, -0.1) is 0 Å². The normalized spacial score (nSPS) is 36.4. The number of carbonyl (C=O) groups excluding carboxylic acids is 3. The fourth-order valence-corrected chi connectivity index (χ4v) is 7.85. The zero-order chi connectivity index (χ0) is 27.0. The molecule has 4 aliphatic rings. The van der Waals surface area contributed by atoms with Crippen molar-refractivity contribution < 1.29 is 14.4 Å². The van der Waals surface area contributed by atoms with Crippen LogP contribution in [0.15, 0.2) is 11.6 Å². The van der Waals surface area contributed by atoms with E-state index < -0.39 is 0 Å². The van der Waals surface area contributed by atoms with Crippen molar-refractivity contribution in [2.24, 2.45) is 28.6 Å². The van der Waals surface area contributed by atoms with Gasteiger partial charge in [-0.1, -0.05) is 19.9 Å². The summed E-state index contributed by atoms with van der Waals surface area (Å²) in [6, 6.07) is -0.188. The smallest absolute Gasteiger partial charge is 0.327 e. The van der Waals surface area contributed by atoms with E-state index in [0.717, 1.165) is 44.1 Å². The van der Waals surface area contributed by atoms with Gasteiger partial charge in [-0.05, 0) is 109 Å². The third-order valence-electron chi connectivity index (χ3n) is 10.7. The van der Waals surface area contributed by atoms with E-state index >= 15 is 0 Å². The minimum Gasteiger partial charge on any atom is -0.337 e. The first kappa shape index (κ1) is 27.2. The number of hydrogen-bond acceptors (Lipinski definition) is 3. The van der Waals surface area contributed by atoms with Gasteiger partial charge >= 0.3 is 6.03 Å². The first-order valence-electron chi connectivity index (χ1n) is 14.0. The fraction of sp³-hybridized carbons (Fsp3) is 0.833. The minimum atomic E-state index is -0.340. The van der Waals surface area contributed by atoms with Gasteiger partial charge in [-0.3, -0.25) is 14.5 Å². The van der Waals surface area contributed by atoms with Crippen LogP contribution < -0.4 is 0 Å². The minimum absolute atomic E-state index is 0.0155. The maximum absolute atomic E-state index is 13.6. The summed E-state index contributed by atoms with van der Waals surface area (Å²) in [6.07, 6.45) is 8.52. The molecule has 6 heteroatoms. The molecule has 0 radical (unpaired) electrons. The highest BCUT2D eigenvalue weighted by atomic mass is 16.2. The molecular formula is C30H49N3O3. The first-order valence-corrected chi connectivity index (χ1v) is 14.0. The lowest BCUT2D eigenvalue weighted by Gasteiger charge is -2.61. The van der Waals surface area contributed by atoms with Crippen LogP contribution in [0.4, 0.5) is 4.79 Å². The number of piperidine rings is 1. The van der Waals surface area contributed by atoms with Gasteiger partial charge in [-0.25, -0.2) is 4.79 Å². The average molecular weight is 500 g/mol. The Bertz CT molecular complexity index is 973. The predicted octanol–water partition coefficient (Wildman–Crippen LogP) is 5.86. The quantitative estimate of drug-likeness (QED) is 0.454. The van der Waals surface area contributed by atoms with Crippen molar-refractivity contribution >= 4 is 17.8 Å². The zero-order valence-electron chi connectivity index (χ0n) is 24.4. The van der Waals surface area contributed by atoms with E-state index in [1.807, 2.05) is 39.8 Å². The Morgan fingerprint density at radius 2 is 1.53 bits per heavy atom. The summed E-state index contributed by atoms with van der Waals surface area (Å²) in [5.74, 6) is 1.61. The highest BCUT2D eigenvalue weighted by Gasteiger charge is 2.61. The number of rotatable bonds is 1. The van der Waals surface area contributed by atoms with Crippen LogP contribution in [0.2, 0.25) is 0 Å². The van der Waals surface area contributed by atoms with Crippen molar-refractivity contribution in [2.45, 2.75) is 117 Å². The van der Waals surface area contributed by atoms with Crippen LogP contribution in [0.25, 0.3) is 0 Å². The van der Waals surface area contributed by atoms with Gasteiger partial charge < -0.3 is 9.80 Å². The Morgan fingerprint density at radius 3 is 2.11 bits per heavy atom. The zero-order valence-corrected chi connectivity index (χ0v) is 24.4. The predicted molar refractivity (Wildman–Crippen MR) is 143 cm³/mol. The molecule has 6 nitrogen and oxygen atoms in total. The Hall–Kier alpha value is -1.85. The highest BCUT2D eigenvalue weighted by molar-refractivity contribution is 5.96. The number of allylic oxidation sites excluding steroid dienone is 1. The van der Waals surface area contributed by atoms with Crippen LogP contribution in [-0.2, 0) is 9.59 Å². The number of carbonyl (C=O) groups is 3. The largest absolute Gasteiger partial charge is 0.337 e. The SMILES string of the molecule is CN(C(=O)C1=C[C@@]2(C)CC[C@@H]3[C@@H](CCC4N(C(=O)N(C)C(C)(C)C)C(=O)CC[C@@]43C)[C@@H]2C1)C(C)(C)C. The molecule has 1 saturated heterocycles. The van der Waals surface area contributed by atoms with Gasteiger partial charge in [0, 0.05) is 43.2 Å². The number of hydrogen-bond donors (Lipinski definition) is 0. The van der Waals surface area contributed by atoms with E-state index in [-0.39, 0.29) is 45.8 Å². The van der Waals surface area contributed by atoms with Crippen molar-refractivity contribution in [3.63, 3.8) is 0 Å². The molecule has 4 rings (SSSR count). The Kier molecular flexibility index (Phi) is 6.49. The molecular weight excluding hydrogens is 450 g/mol. The number of imide groups is 1. The third kappa shape index (κ3) is 4.20. The Balaban J connectivity index is 1.59. The summed E-state index contributed by atoms with van der Waals surface area (Å²) >= 11 is 0. The van der Waals surface area contributed by atoms with Crippen LogP contribution in [0.1, 0.15) is 100 Å². The topological polar surface area (TPSA) is 60.9 Å². The molecule has 0 N–H and O–H groups in total. The number of likely N-dealkylation sites (tertiary alicyclic amines) is 1. The van der Waals surface area contributed by atoms with Gasteiger partial charge in [0.25, 0.3) is 0 Å². The van der Waals surface area contributed by atoms with Crippen LogP contribution in [0.5, 0.6) is 0 Å². The number of urea groups is 1. The fourth-order valence-electron chi connectivity index (χ4n) is 7.85. The molecule has 1 aliphatic heterocycles. The van der Waals surface area contributed by atoms with E-state index in [9.17, 15) is 14.4 Å². The highest BCUT2D eigenvalue weighted by Crippen LogP contribution is 2.64. The molecule has 202 valence electrons. The Morgan fingerprint density at radius 1 is 0.917 bits per heavy atom. The summed E-state index contributed by atoms with van der Waals surface area (Å²) in [5.41, 5.74) is 0.427. The number of likely N-dealkylation sites (N-methyl/N-ethyl adjacent to an activating group) is 1. The molecule has 4 amide bonds. The number of nitrogens with zero attached hydrogens (tertiary/aromatic N) is 3. The summed E-state index contributed by atoms with van der Waals surface area (Å²) in [4.78, 5) is 45.4. The summed E-state index contributed by atoms with van der Waals surface area (Å²) < 4.78 is 0. The van der Waals surface area contributed by atoms with E-state index in [4.69, 9.17) is 0 Å². The monoisotopic (exact) mass is 499 g/mol. The third-order valence-corrected chi connectivity index (χ3v) is 10.7. The van der Waals surface area contributed by atoms with E-state index in [1.165, 1.54) is 0 Å². The maximum Gasteiger partial charge on any atom is 0.327 e. The van der Waals surface area contributed by atoms with Gasteiger partial charge in [-0.2, -0.15) is 0 Å². The number of amides is 4. The van der Waals surface area contributed by atoms with Gasteiger partial charge in [0.05, 0.1) is 0 Å². The second-order valence-electron chi connectivity index (χ2n) is 14.7. The molecule has 0 spiro atoms. The van der Waals surface area contributed by atoms with E-state index in [0.29, 0.717) is 24.2 Å². The van der Waals surface area contributed by atoms with Crippen molar-refractivity contribution in [3.05, 3.63) is 11.6 Å². The Labute approximate surface area is 218 Å². The van der Waals surface area contributed by atoms with Crippen molar-refractivity contribution in [2.75, 3.05) is 14.1 Å². The molecule has 1 heterocycles. The summed E-state index contributed by atoms with van der Waals surface area (Å²) in [5, 5.41) is 0. The van der Waals surface area contributed by atoms with Crippen LogP contribution in [0, 0.1) is 28.6 Å². The first-order chi connectivity index (χ1) is 16.4. The molecule has 3 aliphatic carbocycles. The molecule has 0 aromatic rings. The van der Waals surface area contributed by atoms with Gasteiger partial charge in [0.2, 0.25) is 11.8 Å². The molecule has 1 unspecified atom stereocenters. The van der Waals surface area contributed by atoms with Crippen molar-refractivity contribution in [1.82, 2.24) is 14.7 Å². The maximum atomic E-state index is 13.6. The number of fused-ring (bicyclic) bond motifs is 5. The molecule has 36 heavy (non-hydrogen) atoms. The standard InChI is InChI=1S/C30H49N3O3/c1-27(2,3)31(9)25(35)19-17-22-20-11-12-23-30(8,21(20)13-15-29(22,7)18-19)16-14-24(34)33(23)26(36)32(10)28(4,5)6/h18,20-23H,11-17H2,1-10H3/t20-,21-,22+,23?,29-,30-/m1/s1. The molecule has 0 aromatic heterocycles. The van der Waals surface area contributed by atoms with Gasteiger partial charge in [0.1, 0.15) is 0 Å².